The number of nitrogens with two attached hydrogens (primary N) is 1. The van der Waals surface area contributed by atoms with Crippen molar-refractivity contribution in [2.24, 2.45) is 17.6 Å². The molecule has 0 spiro atoms. The van der Waals surface area contributed by atoms with E-state index in [2.05, 4.69) is 13.8 Å². The van der Waals surface area contributed by atoms with Gasteiger partial charge in [0.05, 0.1) is 0 Å². The average molecular weight is 169 g/mol. The minimum atomic E-state index is 0.397. The topological polar surface area (TPSA) is 26.0 Å². The summed E-state index contributed by atoms with van der Waals surface area (Å²) in [6, 6.07) is 0.397. The fourth-order valence-electron chi connectivity index (χ4n) is 2.29. The van der Waals surface area contributed by atoms with Gasteiger partial charge in [-0.05, 0) is 31.6 Å². The van der Waals surface area contributed by atoms with Gasteiger partial charge in [0.2, 0.25) is 0 Å². The minimum Gasteiger partial charge on any atom is -0.328 e. The molecule has 2 atom stereocenters. The first-order valence-corrected chi connectivity index (χ1v) is 5.45. The molecule has 0 aromatic rings. The molecule has 12 heavy (non-hydrogen) atoms. The Labute approximate surface area is 76.7 Å². The molecule has 1 aliphatic carbocycles. The Bertz CT molecular complexity index is 114. The van der Waals surface area contributed by atoms with Crippen molar-refractivity contribution in [1.82, 2.24) is 0 Å². The maximum atomic E-state index is 5.74. The van der Waals surface area contributed by atoms with Gasteiger partial charge in [0.15, 0.2) is 0 Å². The number of hydrogen-bond donors (Lipinski definition) is 1. The van der Waals surface area contributed by atoms with Crippen LogP contribution >= 0.6 is 0 Å². The van der Waals surface area contributed by atoms with Crippen LogP contribution in [-0.2, 0) is 0 Å². The van der Waals surface area contributed by atoms with Gasteiger partial charge in [-0.2, -0.15) is 0 Å². The average Bonchev–Trinajstić information content (AvgIpc) is 2.51. The highest BCUT2D eigenvalue weighted by Crippen LogP contribution is 2.33. The van der Waals surface area contributed by atoms with Crippen LogP contribution < -0.4 is 5.73 Å². The lowest BCUT2D eigenvalue weighted by Gasteiger charge is -2.19. The summed E-state index contributed by atoms with van der Waals surface area (Å²) in [5.41, 5.74) is 5.74. The fraction of sp³-hybridized carbons (Fsp3) is 1.00. The summed E-state index contributed by atoms with van der Waals surface area (Å²) in [5, 5.41) is 0. The van der Waals surface area contributed by atoms with E-state index in [1.165, 1.54) is 38.5 Å². The van der Waals surface area contributed by atoms with Gasteiger partial charge in [-0.3, -0.25) is 0 Å². The monoisotopic (exact) mass is 169 g/mol. The van der Waals surface area contributed by atoms with E-state index in [-0.39, 0.29) is 0 Å². The molecule has 2 N–H and O–H groups in total. The molecule has 0 saturated heterocycles. The Morgan fingerprint density at radius 2 is 1.75 bits per heavy atom. The standard InChI is InChI=1S/C11H23N/c1-9(7-8-10(2)12)11-5-3-4-6-11/h9-11H,3-8,12H2,1-2H3. The van der Waals surface area contributed by atoms with Gasteiger partial charge in [-0.1, -0.05) is 32.6 Å². The lowest BCUT2D eigenvalue weighted by molar-refractivity contribution is 0.331. The van der Waals surface area contributed by atoms with E-state index in [0.29, 0.717) is 6.04 Å². The highest BCUT2D eigenvalue weighted by atomic mass is 14.6. The highest BCUT2D eigenvalue weighted by Gasteiger charge is 2.20. The van der Waals surface area contributed by atoms with Crippen molar-refractivity contribution < 1.29 is 0 Å². The molecule has 0 radical (unpaired) electrons. The Hall–Kier alpha value is -0.0400. The predicted molar refractivity (Wildman–Crippen MR) is 54.0 cm³/mol. The zero-order chi connectivity index (χ0) is 8.97. The second kappa shape index (κ2) is 4.86. The van der Waals surface area contributed by atoms with Crippen LogP contribution in [0.25, 0.3) is 0 Å². The first kappa shape index (κ1) is 10.0. The molecule has 2 unspecified atom stereocenters. The molecule has 1 rings (SSSR count). The van der Waals surface area contributed by atoms with E-state index in [9.17, 15) is 0 Å². The summed E-state index contributed by atoms with van der Waals surface area (Å²) in [7, 11) is 0. The maximum absolute atomic E-state index is 5.74. The lowest BCUT2D eigenvalue weighted by atomic mass is 9.88. The summed E-state index contributed by atoms with van der Waals surface area (Å²) >= 11 is 0. The van der Waals surface area contributed by atoms with Crippen molar-refractivity contribution in [3.05, 3.63) is 0 Å². The van der Waals surface area contributed by atoms with Crippen molar-refractivity contribution in [2.45, 2.75) is 58.4 Å². The van der Waals surface area contributed by atoms with Crippen LogP contribution in [0.3, 0.4) is 0 Å². The van der Waals surface area contributed by atoms with Crippen LogP contribution in [0.4, 0.5) is 0 Å². The molecule has 0 bridgehead atoms. The van der Waals surface area contributed by atoms with E-state index in [0.717, 1.165) is 11.8 Å². The van der Waals surface area contributed by atoms with Crippen molar-refractivity contribution in [1.29, 1.82) is 0 Å². The quantitative estimate of drug-likeness (QED) is 0.688. The Balaban J connectivity index is 2.13. The largest absolute Gasteiger partial charge is 0.328 e. The lowest BCUT2D eigenvalue weighted by Crippen LogP contribution is -2.17. The molecule has 0 aromatic carbocycles. The van der Waals surface area contributed by atoms with E-state index in [1.54, 1.807) is 0 Å². The molecule has 0 aromatic heterocycles. The van der Waals surface area contributed by atoms with Gasteiger partial charge >= 0.3 is 0 Å². The summed E-state index contributed by atoms with van der Waals surface area (Å²) in [5.74, 6) is 1.93. The fourth-order valence-corrected chi connectivity index (χ4v) is 2.29. The second-order valence-electron chi connectivity index (χ2n) is 4.58. The van der Waals surface area contributed by atoms with Gasteiger partial charge in [0, 0.05) is 6.04 Å². The van der Waals surface area contributed by atoms with Crippen molar-refractivity contribution in [2.75, 3.05) is 0 Å². The Morgan fingerprint density at radius 1 is 1.17 bits per heavy atom. The molecule has 0 heterocycles. The first-order valence-electron chi connectivity index (χ1n) is 5.45. The van der Waals surface area contributed by atoms with Gasteiger partial charge in [0.25, 0.3) is 0 Å². The molecule has 1 saturated carbocycles. The van der Waals surface area contributed by atoms with E-state index in [1.807, 2.05) is 0 Å². The van der Waals surface area contributed by atoms with Crippen LogP contribution in [0, 0.1) is 11.8 Å². The molecular formula is C11H23N. The smallest absolute Gasteiger partial charge is 0.00105 e. The maximum Gasteiger partial charge on any atom is 0.00105 e. The van der Waals surface area contributed by atoms with Crippen LogP contribution in [-0.4, -0.2) is 6.04 Å². The molecule has 72 valence electrons. The second-order valence-corrected chi connectivity index (χ2v) is 4.58. The number of hydrogen-bond acceptors (Lipinski definition) is 1. The molecular weight excluding hydrogens is 146 g/mol. The van der Waals surface area contributed by atoms with Gasteiger partial charge in [0.1, 0.15) is 0 Å². The zero-order valence-corrected chi connectivity index (χ0v) is 8.55. The molecule has 0 amide bonds. The summed E-state index contributed by atoms with van der Waals surface area (Å²) in [6.07, 6.45) is 8.42. The van der Waals surface area contributed by atoms with Crippen molar-refractivity contribution in [3.63, 3.8) is 0 Å². The van der Waals surface area contributed by atoms with E-state index < -0.39 is 0 Å². The molecule has 1 aliphatic rings. The van der Waals surface area contributed by atoms with Gasteiger partial charge < -0.3 is 5.73 Å². The van der Waals surface area contributed by atoms with Crippen LogP contribution in [0.15, 0.2) is 0 Å². The van der Waals surface area contributed by atoms with Gasteiger partial charge in [-0.25, -0.2) is 0 Å². The Kier molecular flexibility index (Phi) is 4.07. The van der Waals surface area contributed by atoms with Gasteiger partial charge in [-0.15, -0.1) is 0 Å². The normalized spacial score (nSPS) is 24.2. The molecule has 1 nitrogen and oxygen atoms in total. The minimum absolute atomic E-state index is 0.397. The Morgan fingerprint density at radius 3 is 2.25 bits per heavy atom. The first-order chi connectivity index (χ1) is 5.70. The third-order valence-electron chi connectivity index (χ3n) is 3.28. The van der Waals surface area contributed by atoms with Crippen molar-refractivity contribution >= 4 is 0 Å². The summed E-state index contributed by atoms with van der Waals surface area (Å²) in [4.78, 5) is 0. The predicted octanol–water partition coefficient (Wildman–Crippen LogP) is 2.94. The highest BCUT2D eigenvalue weighted by molar-refractivity contribution is 4.73. The van der Waals surface area contributed by atoms with Crippen molar-refractivity contribution in [3.8, 4) is 0 Å². The third kappa shape index (κ3) is 3.14. The number of rotatable bonds is 4. The third-order valence-corrected chi connectivity index (χ3v) is 3.28. The molecule has 0 aliphatic heterocycles. The van der Waals surface area contributed by atoms with E-state index >= 15 is 0 Å². The van der Waals surface area contributed by atoms with Crippen LogP contribution in [0.1, 0.15) is 52.4 Å². The molecule has 1 fully saturated rings. The van der Waals surface area contributed by atoms with E-state index in [4.69, 9.17) is 5.73 Å². The van der Waals surface area contributed by atoms with Crippen LogP contribution in [0.5, 0.6) is 0 Å². The molecule has 1 heteroatoms. The summed E-state index contributed by atoms with van der Waals surface area (Å²) in [6.45, 7) is 4.51. The zero-order valence-electron chi connectivity index (χ0n) is 8.55. The summed E-state index contributed by atoms with van der Waals surface area (Å²) < 4.78 is 0. The SMILES string of the molecule is CC(N)CCC(C)C1CCCC1. The van der Waals surface area contributed by atoms with Crippen LogP contribution in [0.2, 0.25) is 0 Å².